The molecule has 0 fully saturated rings. The first-order valence-electron chi connectivity index (χ1n) is 8.25. The maximum atomic E-state index is 5.90. The smallest absolute Gasteiger partial charge is 0.0966 e. The van der Waals surface area contributed by atoms with Crippen LogP contribution in [-0.2, 0) is 0 Å². The number of hydrogen-bond acceptors (Lipinski definition) is 0. The summed E-state index contributed by atoms with van der Waals surface area (Å²) in [6.07, 6.45) is 0.995. The summed E-state index contributed by atoms with van der Waals surface area (Å²) < 4.78 is 1.05. The molecule has 0 aromatic heterocycles. The van der Waals surface area contributed by atoms with Crippen molar-refractivity contribution >= 4 is 60.4 Å². The Morgan fingerprint density at radius 3 is 1.56 bits per heavy atom. The molecule has 0 unspecified atom stereocenters. The van der Waals surface area contributed by atoms with Crippen LogP contribution in [0.4, 0.5) is 0 Å². The van der Waals surface area contributed by atoms with Crippen molar-refractivity contribution in [3.63, 3.8) is 0 Å². The Morgan fingerprint density at radius 2 is 1.12 bits per heavy atom. The van der Waals surface area contributed by atoms with Crippen LogP contribution in [0.25, 0.3) is 11.1 Å². The molecule has 3 aromatic rings. The zero-order valence-corrected chi connectivity index (χ0v) is 16.1. The molecule has 25 heavy (non-hydrogen) atoms. The number of rotatable bonds is 5. The van der Waals surface area contributed by atoms with Gasteiger partial charge in [-0.3, -0.25) is 0 Å². The van der Waals surface area contributed by atoms with Crippen LogP contribution < -0.4 is 10.9 Å². The van der Waals surface area contributed by atoms with Gasteiger partial charge in [0.25, 0.3) is 0 Å². The first-order valence-corrected chi connectivity index (χ1v) is 9.78. The number of allylic oxidation sites excluding steroid dienone is 1. The molecular weight excluding hydrogens is 413 g/mol. The summed E-state index contributed by atoms with van der Waals surface area (Å²) in [4.78, 5) is 0. The van der Waals surface area contributed by atoms with Gasteiger partial charge in [0, 0.05) is 4.43 Å². The normalized spacial score (nSPS) is 10.4. The minimum Gasteiger partial charge on any atom is -0.0966 e. The third-order valence-electron chi connectivity index (χ3n) is 4.17. The zero-order chi connectivity index (χ0) is 17.6. The molecule has 3 heteroatoms. The highest BCUT2D eigenvalue weighted by atomic mass is 127. The van der Waals surface area contributed by atoms with Gasteiger partial charge in [0.2, 0.25) is 0 Å². The van der Waals surface area contributed by atoms with Gasteiger partial charge < -0.3 is 0 Å². The van der Waals surface area contributed by atoms with Crippen molar-refractivity contribution in [2.75, 3.05) is 4.43 Å². The van der Waals surface area contributed by atoms with E-state index in [2.05, 4.69) is 77.2 Å². The zero-order valence-electron chi connectivity index (χ0n) is 14.0. The summed E-state index contributed by atoms with van der Waals surface area (Å²) in [5.41, 5.74) is 7.71. The van der Waals surface area contributed by atoms with Gasteiger partial charge >= 0.3 is 0 Å². The highest BCUT2D eigenvalue weighted by Crippen LogP contribution is 2.34. The van der Waals surface area contributed by atoms with E-state index in [1.807, 2.05) is 24.3 Å². The summed E-state index contributed by atoms with van der Waals surface area (Å²) in [6, 6.07) is 26.8. The second kappa shape index (κ2) is 8.57. The maximum absolute atomic E-state index is 5.90. The van der Waals surface area contributed by atoms with Crippen molar-refractivity contribution in [1.29, 1.82) is 0 Å². The standard InChI is InChI=1S/C22H17B2I/c23-19-10-6-17(7-11-19)22(18-8-12-20(24)13-9-18)21(14-15-25)16-4-2-1-3-5-16/h1-13H,14-15H2. The number of hydrogen-bond donors (Lipinski definition) is 0. The van der Waals surface area contributed by atoms with E-state index < -0.39 is 0 Å². The van der Waals surface area contributed by atoms with Crippen LogP contribution in [-0.4, -0.2) is 20.1 Å². The molecule has 3 rings (SSSR count). The first kappa shape index (κ1) is 18.1. The quantitative estimate of drug-likeness (QED) is 0.248. The summed E-state index contributed by atoms with van der Waals surface area (Å²) >= 11 is 2.44. The molecule has 0 N–H and O–H groups in total. The Labute approximate surface area is 166 Å². The summed E-state index contributed by atoms with van der Waals surface area (Å²) in [6.45, 7) is 0. The average Bonchev–Trinajstić information content (AvgIpc) is 2.65. The molecule has 0 spiro atoms. The monoisotopic (exact) mass is 430 g/mol. The van der Waals surface area contributed by atoms with Gasteiger partial charge in [-0.05, 0) is 34.3 Å². The van der Waals surface area contributed by atoms with Crippen molar-refractivity contribution in [1.82, 2.24) is 0 Å². The highest BCUT2D eigenvalue weighted by molar-refractivity contribution is 14.1. The Bertz CT molecular complexity index is 803. The van der Waals surface area contributed by atoms with Crippen LogP contribution in [0, 0.1) is 0 Å². The summed E-state index contributed by atoms with van der Waals surface area (Å²) in [7, 11) is 11.8. The highest BCUT2D eigenvalue weighted by Gasteiger charge is 2.13. The van der Waals surface area contributed by atoms with Gasteiger partial charge in [0.05, 0.1) is 0 Å². The SMILES string of the molecule is [B]c1ccc(C(=C(CCI)c2ccccc2)c2ccc([B])cc2)cc1. The molecule has 0 nitrogen and oxygen atoms in total. The number of halogens is 1. The predicted molar refractivity (Wildman–Crippen MR) is 120 cm³/mol. The summed E-state index contributed by atoms with van der Waals surface area (Å²) in [5, 5.41) is 0. The van der Waals surface area contributed by atoms with Gasteiger partial charge in [-0.25, -0.2) is 0 Å². The molecule has 4 radical (unpaired) electrons. The minimum atomic E-state index is 0.774. The van der Waals surface area contributed by atoms with Crippen molar-refractivity contribution in [3.8, 4) is 0 Å². The predicted octanol–water partition coefficient (Wildman–Crippen LogP) is 4.06. The molecule has 0 aliphatic carbocycles. The lowest BCUT2D eigenvalue weighted by Crippen LogP contribution is -2.04. The van der Waals surface area contributed by atoms with Crippen molar-refractivity contribution in [3.05, 3.63) is 95.6 Å². The largest absolute Gasteiger partial charge is 0.113 e. The van der Waals surface area contributed by atoms with E-state index in [4.69, 9.17) is 15.7 Å². The first-order chi connectivity index (χ1) is 12.2. The van der Waals surface area contributed by atoms with E-state index in [0.717, 1.165) is 21.8 Å². The summed E-state index contributed by atoms with van der Waals surface area (Å²) in [5.74, 6) is 0. The molecular formula is C22H17B2I. The lowest BCUT2D eigenvalue weighted by Gasteiger charge is -2.17. The van der Waals surface area contributed by atoms with Crippen molar-refractivity contribution in [2.24, 2.45) is 0 Å². The van der Waals surface area contributed by atoms with Crippen LogP contribution >= 0.6 is 22.6 Å². The minimum absolute atomic E-state index is 0.774. The van der Waals surface area contributed by atoms with E-state index >= 15 is 0 Å². The molecule has 0 atom stereocenters. The van der Waals surface area contributed by atoms with Gasteiger partial charge in [0.1, 0.15) is 15.7 Å². The lowest BCUT2D eigenvalue weighted by atomic mass is 9.85. The molecule has 0 heterocycles. The third-order valence-corrected chi connectivity index (χ3v) is 4.71. The Kier molecular flexibility index (Phi) is 6.19. The number of benzene rings is 3. The molecule has 0 aliphatic heterocycles. The third kappa shape index (κ3) is 4.46. The Hall–Kier alpha value is -1.74. The van der Waals surface area contributed by atoms with E-state index in [-0.39, 0.29) is 0 Å². The van der Waals surface area contributed by atoms with Gasteiger partial charge in [0.15, 0.2) is 0 Å². The van der Waals surface area contributed by atoms with Gasteiger partial charge in [-0.1, -0.05) is 112 Å². The Morgan fingerprint density at radius 1 is 0.640 bits per heavy atom. The van der Waals surface area contributed by atoms with E-state index in [1.54, 1.807) is 0 Å². The van der Waals surface area contributed by atoms with E-state index in [0.29, 0.717) is 0 Å². The van der Waals surface area contributed by atoms with Crippen molar-refractivity contribution in [2.45, 2.75) is 6.42 Å². The molecule has 0 aliphatic rings. The molecule has 0 saturated carbocycles. The second-order valence-electron chi connectivity index (χ2n) is 5.90. The van der Waals surface area contributed by atoms with Gasteiger partial charge in [-0.15, -0.1) is 0 Å². The van der Waals surface area contributed by atoms with Crippen LogP contribution in [0.3, 0.4) is 0 Å². The molecule has 118 valence electrons. The van der Waals surface area contributed by atoms with Crippen LogP contribution in [0.15, 0.2) is 78.9 Å². The fourth-order valence-corrected chi connectivity index (χ4v) is 3.50. The van der Waals surface area contributed by atoms with E-state index in [1.165, 1.54) is 27.8 Å². The van der Waals surface area contributed by atoms with Crippen LogP contribution in [0.1, 0.15) is 23.1 Å². The number of alkyl halides is 1. The second-order valence-corrected chi connectivity index (χ2v) is 6.98. The average molecular weight is 430 g/mol. The maximum Gasteiger partial charge on any atom is 0.113 e. The Balaban J connectivity index is 2.26. The molecule has 0 saturated heterocycles. The van der Waals surface area contributed by atoms with E-state index in [9.17, 15) is 0 Å². The molecule has 0 bridgehead atoms. The van der Waals surface area contributed by atoms with Crippen LogP contribution in [0.2, 0.25) is 0 Å². The fourth-order valence-electron chi connectivity index (χ4n) is 2.96. The molecule has 0 amide bonds. The molecule has 3 aromatic carbocycles. The fraction of sp³-hybridized carbons (Fsp3) is 0.0909. The topological polar surface area (TPSA) is 0 Å². The van der Waals surface area contributed by atoms with Crippen molar-refractivity contribution < 1.29 is 0 Å². The lowest BCUT2D eigenvalue weighted by molar-refractivity contribution is 1.28. The van der Waals surface area contributed by atoms with Crippen LogP contribution in [0.5, 0.6) is 0 Å². The van der Waals surface area contributed by atoms with Gasteiger partial charge in [-0.2, -0.15) is 0 Å².